The number of carbonyl (C=O) groups is 2. The molecule has 0 spiro atoms. The van der Waals surface area contributed by atoms with E-state index in [4.69, 9.17) is 21.1 Å². The number of H-pyrrole nitrogens is 1. The van der Waals surface area contributed by atoms with Crippen LogP contribution < -0.4 is 10.1 Å². The molecular formula is C27H32ClN3O5. The van der Waals surface area contributed by atoms with Gasteiger partial charge in [0.05, 0.1) is 19.3 Å². The monoisotopic (exact) mass is 513 g/mol. The molecule has 2 amide bonds. The van der Waals surface area contributed by atoms with E-state index >= 15 is 0 Å². The van der Waals surface area contributed by atoms with E-state index in [2.05, 4.69) is 10.3 Å². The van der Waals surface area contributed by atoms with Gasteiger partial charge >= 0.3 is 6.09 Å². The molecule has 2 aromatic carbocycles. The lowest BCUT2D eigenvalue weighted by Gasteiger charge is -2.35. The van der Waals surface area contributed by atoms with Crippen molar-refractivity contribution in [3.8, 4) is 5.75 Å². The third kappa shape index (κ3) is 5.77. The van der Waals surface area contributed by atoms with Crippen LogP contribution in [-0.2, 0) is 16.0 Å². The number of halogens is 1. The van der Waals surface area contributed by atoms with E-state index in [-0.39, 0.29) is 24.6 Å². The molecule has 0 fully saturated rings. The zero-order valence-corrected chi connectivity index (χ0v) is 21.3. The minimum Gasteiger partial charge on any atom is -0.493 e. The summed E-state index contributed by atoms with van der Waals surface area (Å²) in [6, 6.07) is 13.0. The summed E-state index contributed by atoms with van der Waals surface area (Å²) in [6.07, 6.45) is 0.459. The van der Waals surface area contributed by atoms with E-state index < -0.39 is 6.10 Å². The highest BCUT2D eigenvalue weighted by atomic mass is 35.5. The minimum absolute atomic E-state index is 0.0913. The first-order valence-electron chi connectivity index (χ1n) is 12.3. The SMILES string of the molecule is CCOC(=O)N1CCc2c([nH]c3ccc(Cl)cc23)C1c1ccc(OCCC(O)CNC(=O)CC)cc1. The summed E-state index contributed by atoms with van der Waals surface area (Å²) in [5, 5.41) is 14.4. The van der Waals surface area contributed by atoms with Crippen LogP contribution in [0.25, 0.3) is 10.9 Å². The maximum atomic E-state index is 12.8. The molecular weight excluding hydrogens is 482 g/mol. The van der Waals surface area contributed by atoms with Gasteiger partial charge in [0.1, 0.15) is 11.8 Å². The van der Waals surface area contributed by atoms with Crippen molar-refractivity contribution < 1.29 is 24.2 Å². The molecule has 1 aliphatic rings. The van der Waals surface area contributed by atoms with Gasteiger partial charge in [-0.15, -0.1) is 0 Å². The molecule has 0 radical (unpaired) electrons. The predicted molar refractivity (Wildman–Crippen MR) is 138 cm³/mol. The van der Waals surface area contributed by atoms with Gasteiger partial charge in [-0.3, -0.25) is 9.69 Å². The number of amides is 2. The zero-order chi connectivity index (χ0) is 25.7. The molecule has 192 valence electrons. The van der Waals surface area contributed by atoms with Crippen molar-refractivity contribution in [3.63, 3.8) is 0 Å². The van der Waals surface area contributed by atoms with Gasteiger partial charge in [0, 0.05) is 47.6 Å². The second kappa shape index (κ2) is 11.7. The summed E-state index contributed by atoms with van der Waals surface area (Å²) in [6.45, 7) is 4.92. The maximum Gasteiger partial charge on any atom is 0.410 e. The van der Waals surface area contributed by atoms with Crippen molar-refractivity contribution in [2.45, 2.75) is 45.3 Å². The Morgan fingerprint density at radius 3 is 2.72 bits per heavy atom. The Kier molecular flexibility index (Phi) is 8.38. The van der Waals surface area contributed by atoms with Gasteiger partial charge in [-0.1, -0.05) is 30.7 Å². The molecule has 4 rings (SSSR count). The summed E-state index contributed by atoms with van der Waals surface area (Å²) >= 11 is 6.26. The number of nitrogens with one attached hydrogen (secondary N) is 2. The molecule has 2 heterocycles. The average molecular weight is 514 g/mol. The quantitative estimate of drug-likeness (QED) is 0.388. The number of carbonyl (C=O) groups excluding carboxylic acids is 2. The number of aromatic nitrogens is 1. The Morgan fingerprint density at radius 1 is 1.22 bits per heavy atom. The molecule has 0 saturated carbocycles. The molecule has 1 aromatic heterocycles. The zero-order valence-electron chi connectivity index (χ0n) is 20.6. The molecule has 0 bridgehead atoms. The van der Waals surface area contributed by atoms with Crippen LogP contribution >= 0.6 is 11.6 Å². The van der Waals surface area contributed by atoms with Crippen molar-refractivity contribution in [2.24, 2.45) is 0 Å². The largest absolute Gasteiger partial charge is 0.493 e. The van der Waals surface area contributed by atoms with Gasteiger partial charge in [0.15, 0.2) is 0 Å². The van der Waals surface area contributed by atoms with Crippen molar-refractivity contribution in [3.05, 3.63) is 64.3 Å². The fourth-order valence-electron chi connectivity index (χ4n) is 4.53. The summed E-state index contributed by atoms with van der Waals surface area (Å²) in [5.74, 6) is 0.567. The lowest BCUT2D eigenvalue weighted by Crippen LogP contribution is -2.40. The summed E-state index contributed by atoms with van der Waals surface area (Å²) < 4.78 is 11.2. The van der Waals surface area contributed by atoms with Gasteiger partial charge in [-0.05, 0) is 54.8 Å². The molecule has 2 atom stereocenters. The molecule has 9 heteroatoms. The Labute approximate surface area is 215 Å². The first-order chi connectivity index (χ1) is 17.4. The van der Waals surface area contributed by atoms with Gasteiger partial charge < -0.3 is 24.9 Å². The molecule has 0 saturated heterocycles. The topological polar surface area (TPSA) is 104 Å². The molecule has 0 aliphatic carbocycles. The van der Waals surface area contributed by atoms with Crippen LogP contribution in [0.4, 0.5) is 4.79 Å². The van der Waals surface area contributed by atoms with E-state index in [0.717, 1.165) is 27.7 Å². The van der Waals surface area contributed by atoms with E-state index in [1.165, 1.54) is 0 Å². The summed E-state index contributed by atoms with van der Waals surface area (Å²) in [5.41, 5.74) is 4.02. The number of aliphatic hydroxyl groups excluding tert-OH is 1. The first-order valence-corrected chi connectivity index (χ1v) is 12.7. The van der Waals surface area contributed by atoms with Crippen LogP contribution in [0.5, 0.6) is 5.75 Å². The highest BCUT2D eigenvalue weighted by molar-refractivity contribution is 6.31. The second-order valence-corrected chi connectivity index (χ2v) is 9.21. The Morgan fingerprint density at radius 2 is 2.00 bits per heavy atom. The van der Waals surface area contributed by atoms with Crippen LogP contribution in [0.3, 0.4) is 0 Å². The molecule has 3 N–H and O–H groups in total. The van der Waals surface area contributed by atoms with Crippen molar-refractivity contribution in [2.75, 3.05) is 26.3 Å². The van der Waals surface area contributed by atoms with Gasteiger partial charge in [0.2, 0.25) is 5.91 Å². The van der Waals surface area contributed by atoms with Gasteiger partial charge in [-0.2, -0.15) is 0 Å². The van der Waals surface area contributed by atoms with Crippen LogP contribution in [0.15, 0.2) is 42.5 Å². The molecule has 36 heavy (non-hydrogen) atoms. The Balaban J connectivity index is 1.51. The van der Waals surface area contributed by atoms with Crippen molar-refractivity contribution >= 4 is 34.5 Å². The number of fused-ring (bicyclic) bond motifs is 3. The number of aliphatic hydroxyl groups is 1. The number of aromatic amines is 1. The Bertz CT molecular complexity index is 1210. The highest BCUT2D eigenvalue weighted by Gasteiger charge is 2.35. The molecule has 2 unspecified atom stereocenters. The average Bonchev–Trinajstić information content (AvgIpc) is 3.25. The lowest BCUT2D eigenvalue weighted by molar-refractivity contribution is -0.121. The normalized spacial score (nSPS) is 15.9. The van der Waals surface area contributed by atoms with Gasteiger partial charge in [-0.25, -0.2) is 4.79 Å². The molecule has 1 aliphatic heterocycles. The van der Waals surface area contributed by atoms with Crippen LogP contribution in [0.2, 0.25) is 5.02 Å². The fourth-order valence-corrected chi connectivity index (χ4v) is 4.70. The standard InChI is InChI=1S/C27H32ClN3O5/c1-3-24(33)29-16-19(32)12-14-36-20-8-5-17(6-9-20)26-25-21(11-13-31(26)27(34)35-4-2)22-15-18(28)7-10-23(22)30-25/h5-10,15,19,26,30,32H,3-4,11-14,16H2,1-2H3,(H,29,33). The molecule has 3 aromatic rings. The fraction of sp³-hybridized carbons (Fsp3) is 0.407. The van der Waals surface area contributed by atoms with E-state index in [9.17, 15) is 14.7 Å². The third-order valence-corrected chi connectivity index (χ3v) is 6.60. The van der Waals surface area contributed by atoms with Crippen LogP contribution in [0.1, 0.15) is 49.6 Å². The van der Waals surface area contributed by atoms with Crippen LogP contribution in [0, 0.1) is 0 Å². The summed E-state index contributed by atoms with van der Waals surface area (Å²) in [4.78, 5) is 29.4. The van der Waals surface area contributed by atoms with Crippen molar-refractivity contribution in [1.29, 1.82) is 0 Å². The van der Waals surface area contributed by atoms with E-state index in [1.54, 1.807) is 18.7 Å². The lowest BCUT2D eigenvalue weighted by atomic mass is 9.92. The summed E-state index contributed by atoms with van der Waals surface area (Å²) in [7, 11) is 0. The third-order valence-electron chi connectivity index (χ3n) is 6.36. The second-order valence-electron chi connectivity index (χ2n) is 8.77. The number of nitrogens with zero attached hydrogens (tertiary/aromatic N) is 1. The molecule has 8 nitrogen and oxygen atoms in total. The number of rotatable bonds is 9. The van der Waals surface area contributed by atoms with Crippen molar-refractivity contribution in [1.82, 2.24) is 15.2 Å². The first kappa shape index (κ1) is 25.9. The predicted octanol–water partition coefficient (Wildman–Crippen LogP) is 4.58. The number of hydrogen-bond donors (Lipinski definition) is 3. The minimum atomic E-state index is -0.672. The van der Waals surface area contributed by atoms with Gasteiger partial charge in [0.25, 0.3) is 0 Å². The smallest absolute Gasteiger partial charge is 0.410 e. The van der Waals surface area contributed by atoms with Crippen LogP contribution in [-0.4, -0.2) is 59.4 Å². The highest BCUT2D eigenvalue weighted by Crippen LogP contribution is 2.39. The number of benzene rings is 2. The van der Waals surface area contributed by atoms with E-state index in [1.807, 2.05) is 42.5 Å². The Hall–Kier alpha value is -3.23. The van der Waals surface area contributed by atoms with E-state index in [0.29, 0.717) is 49.8 Å². The number of hydrogen-bond acceptors (Lipinski definition) is 5. The number of ether oxygens (including phenoxy) is 2. The maximum absolute atomic E-state index is 12.8.